The van der Waals surface area contributed by atoms with Gasteiger partial charge in [-0.2, -0.15) is 0 Å². The Kier molecular flexibility index (Phi) is 106. The standard InChI is InChI=1S/2BH4.2K/h2*1H4;;/q2*-1;2*+1. The molecule has 0 aromatic heterocycles. The summed E-state index contributed by atoms with van der Waals surface area (Å²) < 4.78 is 0. The van der Waals surface area contributed by atoms with Crippen molar-refractivity contribution in [1.82, 2.24) is 0 Å². The Hall–Kier alpha value is 3.40. The molecule has 0 aliphatic heterocycles. The molecule has 0 aromatic rings. The minimum absolute atomic E-state index is 0. The van der Waals surface area contributed by atoms with Gasteiger partial charge in [0.1, 0.15) is 0 Å². The topological polar surface area (TPSA) is 0 Å². The molecule has 0 unspecified atom stereocenters. The normalized spacial score (nSPS) is 0. The van der Waals surface area contributed by atoms with Crippen molar-refractivity contribution in [1.29, 1.82) is 0 Å². The maximum Gasteiger partial charge on any atom is 1.00 e. The maximum absolute atomic E-state index is 0. The number of hydrogen-bond acceptors (Lipinski definition) is 0. The van der Waals surface area contributed by atoms with Crippen molar-refractivity contribution in [3.63, 3.8) is 0 Å². The Morgan fingerprint density at radius 2 is 0.500 bits per heavy atom. The van der Waals surface area contributed by atoms with Gasteiger partial charge >= 0.3 is 103 Å². The van der Waals surface area contributed by atoms with Crippen LogP contribution in [0.25, 0.3) is 0 Å². The van der Waals surface area contributed by atoms with Gasteiger partial charge < -0.3 is 0 Å². The first-order valence-corrected chi connectivity index (χ1v) is 0. The summed E-state index contributed by atoms with van der Waals surface area (Å²) in [6, 6.07) is 0. The summed E-state index contributed by atoms with van der Waals surface area (Å²) in [6.07, 6.45) is 0. The van der Waals surface area contributed by atoms with Crippen molar-refractivity contribution >= 4 is 16.8 Å². The molecule has 0 aliphatic rings. The summed E-state index contributed by atoms with van der Waals surface area (Å²) in [7, 11) is 0. The molecule has 0 spiro atoms. The smallest absolute Gasteiger partial charge is 0.0626 e. The molecule has 4 heteroatoms. The van der Waals surface area contributed by atoms with Gasteiger partial charge in [0.05, 0.1) is 0 Å². The molecule has 0 bridgehead atoms. The Bertz CT molecular complexity index is 4.00. The third-order valence-corrected chi connectivity index (χ3v) is 0. The van der Waals surface area contributed by atoms with E-state index in [1.807, 2.05) is 0 Å². The summed E-state index contributed by atoms with van der Waals surface area (Å²) in [5, 5.41) is 0. The molecule has 0 radical (unpaired) electrons. The third-order valence-electron chi connectivity index (χ3n) is 0. The molecule has 0 saturated heterocycles. The summed E-state index contributed by atoms with van der Waals surface area (Å²) in [4.78, 5) is 0. The van der Waals surface area contributed by atoms with Crippen LogP contribution in [0, 0.1) is 0 Å². The van der Waals surface area contributed by atoms with Crippen molar-refractivity contribution < 1.29 is 103 Å². The van der Waals surface area contributed by atoms with E-state index in [4.69, 9.17) is 0 Å². The van der Waals surface area contributed by atoms with E-state index in [0.29, 0.717) is 0 Å². The molecule has 0 heterocycles. The molecule has 0 fully saturated rings. The van der Waals surface area contributed by atoms with Gasteiger partial charge in [0.2, 0.25) is 0 Å². The van der Waals surface area contributed by atoms with Gasteiger partial charge in [-0.1, -0.05) is 16.8 Å². The predicted octanol–water partition coefficient (Wildman–Crippen LogP) is -8.90. The second-order valence-electron chi connectivity index (χ2n) is 0. The molecular formula is H8B2K2. The molecule has 4 heavy (non-hydrogen) atoms. The summed E-state index contributed by atoms with van der Waals surface area (Å²) in [5.74, 6) is 0. The fourth-order valence-electron chi connectivity index (χ4n) is 0. The molecular weight excluding hydrogens is 99.8 g/mol. The van der Waals surface area contributed by atoms with Crippen molar-refractivity contribution in [2.24, 2.45) is 0 Å². The van der Waals surface area contributed by atoms with Crippen LogP contribution in [0.4, 0.5) is 0 Å². The Morgan fingerprint density at radius 3 is 0.500 bits per heavy atom. The minimum atomic E-state index is 0. The van der Waals surface area contributed by atoms with E-state index in [1.165, 1.54) is 0 Å². The van der Waals surface area contributed by atoms with Gasteiger partial charge in [0, 0.05) is 0 Å². The molecule has 0 aliphatic carbocycles. The largest absolute Gasteiger partial charge is 1.00 e. The van der Waals surface area contributed by atoms with Crippen molar-refractivity contribution in [2.45, 2.75) is 0 Å². The zero-order valence-corrected chi connectivity index (χ0v) is 8.25. The molecule has 0 aromatic carbocycles. The van der Waals surface area contributed by atoms with E-state index < -0.39 is 0 Å². The van der Waals surface area contributed by atoms with Gasteiger partial charge in [-0.05, 0) is 0 Å². The molecule has 0 N–H and O–H groups in total. The zero-order valence-electron chi connectivity index (χ0n) is 2.00. The SMILES string of the molecule is [BH4-].[BH4-].[K+].[K+]. The van der Waals surface area contributed by atoms with E-state index in [1.54, 1.807) is 0 Å². The fraction of sp³-hybridized carbons (Fsp3) is 0. The fourth-order valence-corrected chi connectivity index (χ4v) is 0. The summed E-state index contributed by atoms with van der Waals surface area (Å²) in [5.41, 5.74) is 0. The van der Waals surface area contributed by atoms with Crippen LogP contribution in [0.3, 0.4) is 0 Å². The second kappa shape index (κ2) is 16.1. The first kappa shape index (κ1) is 26.2. The average molecular weight is 108 g/mol. The average Bonchev–Trinajstić information content (AvgIpc) is 0. The Labute approximate surface area is 116 Å². The van der Waals surface area contributed by atoms with Crippen LogP contribution in [0.15, 0.2) is 0 Å². The quantitative estimate of drug-likeness (QED) is 0.270. The van der Waals surface area contributed by atoms with Crippen LogP contribution < -0.4 is 103 Å². The molecule has 0 nitrogen and oxygen atoms in total. The molecule has 0 atom stereocenters. The van der Waals surface area contributed by atoms with Gasteiger partial charge in [-0.25, -0.2) is 0 Å². The molecule has 0 amide bonds. The van der Waals surface area contributed by atoms with Crippen LogP contribution >= 0.6 is 0 Å². The predicted molar refractivity (Wildman–Crippen MR) is 22.7 cm³/mol. The summed E-state index contributed by atoms with van der Waals surface area (Å²) in [6.45, 7) is 0. The molecule has 0 saturated carbocycles. The van der Waals surface area contributed by atoms with Crippen LogP contribution in [-0.2, 0) is 0 Å². The third kappa shape index (κ3) is 9.04. The van der Waals surface area contributed by atoms with Crippen LogP contribution in [-0.4, -0.2) is 16.8 Å². The van der Waals surface area contributed by atoms with E-state index in [0.717, 1.165) is 0 Å². The van der Waals surface area contributed by atoms with E-state index in [2.05, 4.69) is 0 Å². The van der Waals surface area contributed by atoms with Crippen molar-refractivity contribution in [2.75, 3.05) is 0 Å². The van der Waals surface area contributed by atoms with E-state index >= 15 is 0 Å². The monoisotopic (exact) mass is 108 g/mol. The van der Waals surface area contributed by atoms with Gasteiger partial charge in [-0.3, -0.25) is 0 Å². The van der Waals surface area contributed by atoms with E-state index in [9.17, 15) is 0 Å². The van der Waals surface area contributed by atoms with Crippen molar-refractivity contribution in [3.8, 4) is 0 Å². The van der Waals surface area contributed by atoms with Crippen LogP contribution in [0.5, 0.6) is 0 Å². The Balaban J connectivity index is 0. The summed E-state index contributed by atoms with van der Waals surface area (Å²) >= 11 is 0. The van der Waals surface area contributed by atoms with Gasteiger partial charge in [-0.15, -0.1) is 0 Å². The number of hydrogen-bond donors (Lipinski definition) is 0. The Morgan fingerprint density at radius 1 is 0.500 bits per heavy atom. The van der Waals surface area contributed by atoms with Crippen LogP contribution in [0.2, 0.25) is 0 Å². The maximum atomic E-state index is 0. The second-order valence-corrected chi connectivity index (χ2v) is 0. The molecule has 16 valence electrons. The first-order chi connectivity index (χ1) is 0. The molecule has 0 rings (SSSR count). The van der Waals surface area contributed by atoms with Crippen molar-refractivity contribution in [3.05, 3.63) is 0 Å². The van der Waals surface area contributed by atoms with E-state index in [-0.39, 0.29) is 120 Å². The zero-order chi connectivity index (χ0) is 0. The van der Waals surface area contributed by atoms with Gasteiger partial charge in [0.15, 0.2) is 0 Å². The van der Waals surface area contributed by atoms with Crippen LogP contribution in [0.1, 0.15) is 0 Å². The number of rotatable bonds is 0. The minimum Gasteiger partial charge on any atom is -0.0626 e. The first-order valence-electron chi connectivity index (χ1n) is 0. The van der Waals surface area contributed by atoms with Gasteiger partial charge in [0.25, 0.3) is 0 Å².